The molecule has 0 fully saturated rings. The van der Waals surface area contributed by atoms with Gasteiger partial charge in [0.15, 0.2) is 11.5 Å². The van der Waals surface area contributed by atoms with E-state index < -0.39 is 39.9 Å². The first-order chi connectivity index (χ1) is 14.6. The zero-order valence-corrected chi connectivity index (χ0v) is 17.3. The molecule has 3 rings (SSSR count). The van der Waals surface area contributed by atoms with Crippen LogP contribution >= 0.6 is 11.6 Å². The van der Waals surface area contributed by atoms with Crippen LogP contribution < -0.4 is 19.6 Å². The Morgan fingerprint density at radius 3 is 2.32 bits per heavy atom. The molecule has 0 spiro atoms. The van der Waals surface area contributed by atoms with Crippen LogP contribution in [-0.4, -0.2) is 25.6 Å². The molecule has 1 aromatic heterocycles. The summed E-state index contributed by atoms with van der Waals surface area (Å²) in [7, 11) is 2.69. The molecule has 0 aliphatic carbocycles. The Morgan fingerprint density at radius 2 is 1.74 bits per heavy atom. The topological polar surface area (TPSA) is 75.0 Å². The van der Waals surface area contributed by atoms with Crippen molar-refractivity contribution in [2.75, 3.05) is 14.2 Å². The summed E-state index contributed by atoms with van der Waals surface area (Å²) in [6.45, 7) is 1.38. The van der Waals surface area contributed by atoms with Gasteiger partial charge < -0.3 is 18.6 Å². The number of esters is 1. The van der Waals surface area contributed by atoms with Gasteiger partial charge in [0.1, 0.15) is 16.7 Å². The van der Waals surface area contributed by atoms with E-state index in [2.05, 4.69) is 0 Å². The molecule has 31 heavy (non-hydrogen) atoms. The third-order valence-electron chi connectivity index (χ3n) is 4.34. The molecule has 0 bridgehead atoms. The minimum atomic E-state index is -4.98. The van der Waals surface area contributed by atoms with Crippen LogP contribution in [0.4, 0.5) is 13.2 Å². The van der Waals surface area contributed by atoms with Gasteiger partial charge in [0.05, 0.1) is 25.2 Å². The summed E-state index contributed by atoms with van der Waals surface area (Å²) in [6, 6.07) is 7.45. The first-order valence-corrected chi connectivity index (χ1v) is 9.26. The van der Waals surface area contributed by atoms with Crippen LogP contribution in [0.3, 0.4) is 0 Å². The first kappa shape index (κ1) is 22.5. The number of hydrogen-bond acceptors (Lipinski definition) is 6. The van der Waals surface area contributed by atoms with Gasteiger partial charge in [-0.15, -0.1) is 11.6 Å². The van der Waals surface area contributed by atoms with E-state index in [1.807, 2.05) is 0 Å². The van der Waals surface area contributed by atoms with Crippen LogP contribution in [0.5, 0.6) is 17.2 Å². The molecule has 0 aliphatic heterocycles. The van der Waals surface area contributed by atoms with Gasteiger partial charge in [-0.05, 0) is 36.8 Å². The molecule has 1 unspecified atom stereocenters. The van der Waals surface area contributed by atoms with Crippen molar-refractivity contribution >= 4 is 28.5 Å². The lowest BCUT2D eigenvalue weighted by Gasteiger charge is -2.15. The van der Waals surface area contributed by atoms with E-state index in [0.717, 1.165) is 6.07 Å². The fourth-order valence-corrected chi connectivity index (χ4v) is 2.93. The molecule has 1 atom stereocenters. The van der Waals surface area contributed by atoms with Gasteiger partial charge in [0.25, 0.3) is 0 Å². The predicted octanol–water partition coefficient (Wildman–Crippen LogP) is 5.03. The summed E-state index contributed by atoms with van der Waals surface area (Å²) in [5.41, 5.74) is -2.05. The molecule has 164 valence electrons. The first-order valence-electron chi connectivity index (χ1n) is 8.83. The molecule has 3 aromatic rings. The molecule has 2 aromatic carbocycles. The van der Waals surface area contributed by atoms with E-state index in [4.69, 9.17) is 30.2 Å². The molecule has 0 amide bonds. The molecule has 1 heterocycles. The van der Waals surface area contributed by atoms with E-state index in [-0.39, 0.29) is 28.2 Å². The lowest BCUT2D eigenvalue weighted by molar-refractivity contribution is -0.152. The van der Waals surface area contributed by atoms with E-state index >= 15 is 0 Å². The SMILES string of the molecule is COc1ccc(-c2c(C(F)(F)F)oc3cc(OC(=O)C(C)Cl)ccc3c2=O)cc1OC. The second kappa shape index (κ2) is 8.50. The molecule has 0 N–H and O–H groups in total. The van der Waals surface area contributed by atoms with E-state index in [1.54, 1.807) is 0 Å². The van der Waals surface area contributed by atoms with Gasteiger partial charge in [-0.3, -0.25) is 9.59 Å². The zero-order chi connectivity index (χ0) is 22.9. The average molecular weight is 457 g/mol. The van der Waals surface area contributed by atoms with E-state index in [9.17, 15) is 22.8 Å². The lowest BCUT2D eigenvalue weighted by Crippen LogP contribution is -2.18. The Labute approximate surface area is 179 Å². The van der Waals surface area contributed by atoms with Crippen molar-refractivity contribution in [1.82, 2.24) is 0 Å². The number of fused-ring (bicyclic) bond motifs is 1. The van der Waals surface area contributed by atoms with Crippen molar-refractivity contribution in [3.05, 3.63) is 52.4 Å². The van der Waals surface area contributed by atoms with E-state index in [1.165, 1.54) is 51.5 Å². The number of alkyl halides is 4. The molecular formula is C21H16ClF3O6. The van der Waals surface area contributed by atoms with E-state index in [0.29, 0.717) is 0 Å². The number of carbonyl (C=O) groups excluding carboxylic acids is 1. The quantitative estimate of drug-likeness (QED) is 0.304. The molecule has 0 saturated heterocycles. The van der Waals surface area contributed by atoms with Crippen molar-refractivity contribution in [3.8, 4) is 28.4 Å². The minimum Gasteiger partial charge on any atom is -0.493 e. The fourth-order valence-electron chi connectivity index (χ4n) is 2.89. The van der Waals surface area contributed by atoms with Crippen LogP contribution in [0, 0.1) is 0 Å². The Bertz CT molecular complexity index is 1200. The standard InChI is InChI=1S/C21H16ClF3O6/c1-10(22)20(27)30-12-5-6-13-15(9-12)31-19(21(23,24)25)17(18(13)26)11-4-7-14(28-2)16(8-11)29-3/h4-10H,1-3H3. The van der Waals surface area contributed by atoms with Gasteiger partial charge in [0.2, 0.25) is 11.2 Å². The number of benzene rings is 2. The second-order valence-electron chi connectivity index (χ2n) is 6.40. The minimum absolute atomic E-state index is 0.0629. The number of ether oxygens (including phenoxy) is 3. The molecule has 0 radical (unpaired) electrons. The van der Waals surface area contributed by atoms with Gasteiger partial charge in [-0.25, -0.2) is 0 Å². The number of halogens is 4. The largest absolute Gasteiger partial charge is 0.493 e. The maximum atomic E-state index is 13.8. The number of carbonyl (C=O) groups is 1. The molecule has 0 aliphatic rings. The monoisotopic (exact) mass is 456 g/mol. The highest BCUT2D eigenvalue weighted by molar-refractivity contribution is 6.29. The van der Waals surface area contributed by atoms with Crippen LogP contribution in [0.1, 0.15) is 12.7 Å². The Balaban J connectivity index is 2.26. The highest BCUT2D eigenvalue weighted by Gasteiger charge is 2.39. The summed E-state index contributed by atoms with van der Waals surface area (Å²) in [5, 5.41) is -1.10. The molecule has 10 heteroatoms. The highest BCUT2D eigenvalue weighted by Crippen LogP contribution is 2.40. The summed E-state index contributed by atoms with van der Waals surface area (Å²) in [4.78, 5) is 24.7. The number of rotatable bonds is 5. The van der Waals surface area contributed by atoms with Gasteiger partial charge in [-0.2, -0.15) is 13.2 Å². The van der Waals surface area contributed by atoms with Crippen LogP contribution in [0.25, 0.3) is 22.1 Å². The smallest absolute Gasteiger partial charge is 0.450 e. The fraction of sp³-hybridized carbons (Fsp3) is 0.238. The second-order valence-corrected chi connectivity index (χ2v) is 7.05. The van der Waals surface area contributed by atoms with Crippen molar-refractivity contribution in [3.63, 3.8) is 0 Å². The van der Waals surface area contributed by atoms with Crippen molar-refractivity contribution in [1.29, 1.82) is 0 Å². The summed E-state index contributed by atoms with van der Waals surface area (Å²) in [6.07, 6.45) is -4.98. The van der Waals surface area contributed by atoms with Gasteiger partial charge in [0, 0.05) is 6.07 Å². The third-order valence-corrected chi connectivity index (χ3v) is 4.51. The summed E-state index contributed by atoms with van der Waals surface area (Å²) < 4.78 is 61.7. The van der Waals surface area contributed by atoms with Crippen molar-refractivity contribution in [2.45, 2.75) is 18.5 Å². The molecular weight excluding hydrogens is 441 g/mol. The molecule has 0 saturated carbocycles. The van der Waals surface area contributed by atoms with Gasteiger partial charge in [-0.1, -0.05) is 6.07 Å². The summed E-state index contributed by atoms with van der Waals surface area (Å²) in [5.74, 6) is -1.98. The Kier molecular flexibility index (Phi) is 6.17. The Hall–Kier alpha value is -3.20. The average Bonchev–Trinajstić information content (AvgIpc) is 2.72. The highest BCUT2D eigenvalue weighted by atomic mass is 35.5. The van der Waals surface area contributed by atoms with Crippen molar-refractivity contribution in [2.24, 2.45) is 0 Å². The zero-order valence-electron chi connectivity index (χ0n) is 16.5. The normalized spacial score (nSPS) is 12.5. The maximum Gasteiger partial charge on any atom is 0.450 e. The van der Waals surface area contributed by atoms with Crippen LogP contribution in [0.15, 0.2) is 45.6 Å². The molecule has 6 nitrogen and oxygen atoms in total. The number of methoxy groups -OCH3 is 2. The van der Waals surface area contributed by atoms with Crippen molar-refractivity contribution < 1.29 is 36.6 Å². The maximum absolute atomic E-state index is 13.8. The third kappa shape index (κ3) is 4.46. The lowest BCUT2D eigenvalue weighted by atomic mass is 10.0. The Morgan fingerprint density at radius 1 is 1.06 bits per heavy atom. The number of hydrogen-bond donors (Lipinski definition) is 0. The van der Waals surface area contributed by atoms with Gasteiger partial charge >= 0.3 is 12.1 Å². The van der Waals surface area contributed by atoms with Crippen LogP contribution in [0.2, 0.25) is 0 Å². The predicted molar refractivity (Wildman–Crippen MR) is 107 cm³/mol. The van der Waals surface area contributed by atoms with Crippen LogP contribution in [-0.2, 0) is 11.0 Å². The summed E-state index contributed by atoms with van der Waals surface area (Å²) >= 11 is 5.63.